The molecule has 0 fully saturated rings. The molecule has 0 bridgehead atoms. The summed E-state index contributed by atoms with van der Waals surface area (Å²) in [5, 5.41) is 3.84. The van der Waals surface area contributed by atoms with Gasteiger partial charge in [0.25, 0.3) is 0 Å². The highest BCUT2D eigenvalue weighted by Gasteiger charge is 2.11. The van der Waals surface area contributed by atoms with Crippen LogP contribution in [0.15, 0.2) is 60.7 Å². The zero-order valence-electron chi connectivity index (χ0n) is 13.7. The summed E-state index contributed by atoms with van der Waals surface area (Å²) in [6, 6.07) is 19.7. The molecule has 0 aliphatic rings. The van der Waals surface area contributed by atoms with Crippen LogP contribution in [0.25, 0.3) is 0 Å². The number of rotatable bonds is 5. The predicted molar refractivity (Wildman–Crippen MR) is 101 cm³/mol. The third-order valence-corrected chi connectivity index (χ3v) is 3.95. The number of anilines is 4. The molecule has 0 aliphatic heterocycles. The molecule has 2 aromatic carbocycles. The zero-order valence-corrected chi connectivity index (χ0v) is 14.5. The Morgan fingerprint density at radius 2 is 1.71 bits per heavy atom. The third-order valence-electron chi connectivity index (χ3n) is 3.62. The summed E-state index contributed by atoms with van der Waals surface area (Å²) in [5.74, 6) is 1.39. The fourth-order valence-electron chi connectivity index (χ4n) is 2.51. The van der Waals surface area contributed by atoms with Crippen LogP contribution in [0.2, 0.25) is 5.02 Å². The van der Waals surface area contributed by atoms with E-state index in [9.17, 15) is 0 Å². The maximum absolute atomic E-state index is 6.21. The summed E-state index contributed by atoms with van der Waals surface area (Å²) >= 11 is 6.21. The van der Waals surface area contributed by atoms with Crippen LogP contribution in [0, 0.1) is 6.92 Å². The van der Waals surface area contributed by atoms with Crippen LogP contribution in [0.1, 0.15) is 12.6 Å². The van der Waals surface area contributed by atoms with Gasteiger partial charge in [0, 0.05) is 24.0 Å². The molecule has 0 amide bonds. The highest BCUT2D eigenvalue weighted by atomic mass is 35.5. The van der Waals surface area contributed by atoms with Gasteiger partial charge in [-0.25, -0.2) is 4.98 Å². The highest BCUT2D eigenvalue weighted by molar-refractivity contribution is 6.33. The molecular weight excluding hydrogens is 320 g/mol. The van der Waals surface area contributed by atoms with Gasteiger partial charge in [-0.05, 0) is 38.1 Å². The second-order valence-corrected chi connectivity index (χ2v) is 5.78. The van der Waals surface area contributed by atoms with Crippen molar-refractivity contribution in [3.05, 3.63) is 71.4 Å². The molecule has 0 spiro atoms. The lowest BCUT2D eigenvalue weighted by molar-refractivity contribution is 0.969. The number of halogens is 1. The van der Waals surface area contributed by atoms with Crippen LogP contribution in [0.4, 0.5) is 23.1 Å². The Kier molecular flexibility index (Phi) is 4.96. The molecule has 0 unspecified atom stereocenters. The van der Waals surface area contributed by atoms with Gasteiger partial charge >= 0.3 is 0 Å². The van der Waals surface area contributed by atoms with E-state index in [1.165, 1.54) is 0 Å². The number of nitrogens with one attached hydrogen (secondary N) is 1. The van der Waals surface area contributed by atoms with Crippen molar-refractivity contribution in [3.63, 3.8) is 0 Å². The maximum Gasteiger partial charge on any atom is 0.229 e. The molecule has 0 atom stereocenters. The van der Waals surface area contributed by atoms with Gasteiger partial charge in [0.2, 0.25) is 5.95 Å². The molecule has 1 N–H and O–H groups in total. The van der Waals surface area contributed by atoms with Crippen LogP contribution < -0.4 is 10.2 Å². The molecule has 0 radical (unpaired) electrons. The van der Waals surface area contributed by atoms with E-state index in [-0.39, 0.29) is 0 Å². The van der Waals surface area contributed by atoms with E-state index in [4.69, 9.17) is 11.6 Å². The molecule has 5 heteroatoms. The number of benzene rings is 2. The lowest BCUT2D eigenvalue weighted by atomic mass is 10.2. The van der Waals surface area contributed by atoms with Gasteiger partial charge in [0.1, 0.15) is 5.82 Å². The van der Waals surface area contributed by atoms with Crippen LogP contribution in [-0.4, -0.2) is 16.5 Å². The smallest absolute Gasteiger partial charge is 0.229 e. The van der Waals surface area contributed by atoms with E-state index in [2.05, 4.69) is 39.2 Å². The van der Waals surface area contributed by atoms with Crippen molar-refractivity contribution >= 4 is 34.7 Å². The summed E-state index contributed by atoms with van der Waals surface area (Å²) < 4.78 is 0. The Morgan fingerprint density at radius 1 is 1.00 bits per heavy atom. The zero-order chi connectivity index (χ0) is 16.9. The maximum atomic E-state index is 6.21. The van der Waals surface area contributed by atoms with Crippen molar-refractivity contribution in [1.29, 1.82) is 0 Å². The Morgan fingerprint density at radius 3 is 2.42 bits per heavy atom. The lowest BCUT2D eigenvalue weighted by Crippen LogP contribution is -2.18. The first-order valence-corrected chi connectivity index (χ1v) is 8.25. The summed E-state index contributed by atoms with van der Waals surface area (Å²) in [7, 11) is 0. The van der Waals surface area contributed by atoms with Crippen LogP contribution in [0.5, 0.6) is 0 Å². The first-order valence-electron chi connectivity index (χ1n) is 7.87. The van der Waals surface area contributed by atoms with Gasteiger partial charge in [-0.1, -0.05) is 41.9 Å². The second kappa shape index (κ2) is 7.32. The normalized spacial score (nSPS) is 10.5. The first kappa shape index (κ1) is 16.3. The highest BCUT2D eigenvalue weighted by Crippen LogP contribution is 2.27. The summed E-state index contributed by atoms with van der Waals surface area (Å²) in [6.07, 6.45) is 0. The van der Waals surface area contributed by atoms with Gasteiger partial charge < -0.3 is 10.2 Å². The summed E-state index contributed by atoms with van der Waals surface area (Å²) in [6.45, 7) is 4.87. The van der Waals surface area contributed by atoms with Crippen molar-refractivity contribution in [1.82, 2.24) is 9.97 Å². The average molecular weight is 339 g/mol. The molecule has 3 aromatic rings. The number of nitrogens with zero attached hydrogens (tertiary/aromatic N) is 3. The van der Waals surface area contributed by atoms with Gasteiger partial charge in [-0.15, -0.1) is 0 Å². The molecule has 122 valence electrons. The van der Waals surface area contributed by atoms with Gasteiger partial charge in [-0.2, -0.15) is 4.98 Å². The standard InChI is InChI=1S/C19H19ClN4/c1-3-24(15-9-5-4-6-10-15)18-13-14(2)21-19(23-18)22-17-12-8-7-11-16(17)20/h4-13H,3H2,1-2H3,(H,21,22,23). The van der Waals surface area contributed by atoms with Crippen molar-refractivity contribution in [2.75, 3.05) is 16.8 Å². The Balaban J connectivity index is 1.95. The third kappa shape index (κ3) is 3.66. The van der Waals surface area contributed by atoms with E-state index in [1.54, 1.807) is 0 Å². The van der Waals surface area contributed by atoms with Gasteiger partial charge in [-0.3, -0.25) is 0 Å². The van der Waals surface area contributed by atoms with Crippen molar-refractivity contribution < 1.29 is 0 Å². The van der Waals surface area contributed by atoms with E-state index in [1.807, 2.05) is 55.5 Å². The lowest BCUT2D eigenvalue weighted by Gasteiger charge is -2.23. The minimum atomic E-state index is 0.535. The molecule has 1 aromatic heterocycles. The molecule has 0 saturated heterocycles. The number of aromatic nitrogens is 2. The number of hydrogen-bond donors (Lipinski definition) is 1. The quantitative estimate of drug-likeness (QED) is 0.681. The topological polar surface area (TPSA) is 41.1 Å². The largest absolute Gasteiger partial charge is 0.326 e. The molecule has 3 rings (SSSR count). The summed E-state index contributed by atoms with van der Waals surface area (Å²) in [4.78, 5) is 11.3. The Bertz CT molecular complexity index is 821. The van der Waals surface area contributed by atoms with Gasteiger partial charge in [0.15, 0.2) is 0 Å². The number of aryl methyl sites for hydroxylation is 1. The molecule has 0 aliphatic carbocycles. The van der Waals surface area contributed by atoms with Crippen LogP contribution in [-0.2, 0) is 0 Å². The minimum Gasteiger partial charge on any atom is -0.326 e. The molecule has 24 heavy (non-hydrogen) atoms. The molecule has 4 nitrogen and oxygen atoms in total. The monoisotopic (exact) mass is 338 g/mol. The van der Waals surface area contributed by atoms with Crippen molar-refractivity contribution in [2.24, 2.45) is 0 Å². The van der Waals surface area contributed by atoms with Crippen molar-refractivity contribution in [3.8, 4) is 0 Å². The van der Waals surface area contributed by atoms with E-state index >= 15 is 0 Å². The SMILES string of the molecule is CCN(c1ccccc1)c1cc(C)nc(Nc2ccccc2Cl)n1. The van der Waals surface area contributed by atoms with Crippen LogP contribution >= 0.6 is 11.6 Å². The molecular formula is C19H19ClN4. The number of para-hydroxylation sites is 2. The van der Waals surface area contributed by atoms with E-state index in [0.29, 0.717) is 11.0 Å². The average Bonchev–Trinajstić information content (AvgIpc) is 2.58. The fraction of sp³-hybridized carbons (Fsp3) is 0.158. The van der Waals surface area contributed by atoms with Gasteiger partial charge in [0.05, 0.1) is 10.7 Å². The molecule has 0 saturated carbocycles. The van der Waals surface area contributed by atoms with Crippen LogP contribution in [0.3, 0.4) is 0 Å². The Labute approximate surface area is 147 Å². The number of hydrogen-bond acceptors (Lipinski definition) is 4. The van der Waals surface area contributed by atoms with E-state index < -0.39 is 0 Å². The first-order chi connectivity index (χ1) is 11.7. The fourth-order valence-corrected chi connectivity index (χ4v) is 2.70. The molecule has 1 heterocycles. The summed E-state index contributed by atoms with van der Waals surface area (Å²) in [5.41, 5.74) is 2.78. The minimum absolute atomic E-state index is 0.535. The second-order valence-electron chi connectivity index (χ2n) is 5.38. The predicted octanol–water partition coefficient (Wildman–Crippen LogP) is 5.34. The Hall–Kier alpha value is -2.59. The van der Waals surface area contributed by atoms with Crippen molar-refractivity contribution in [2.45, 2.75) is 13.8 Å². The van der Waals surface area contributed by atoms with E-state index in [0.717, 1.165) is 29.4 Å².